The molecule has 0 atom stereocenters. The van der Waals surface area contributed by atoms with Crippen molar-refractivity contribution in [2.45, 2.75) is 48.0 Å². The van der Waals surface area contributed by atoms with Gasteiger partial charge < -0.3 is 0 Å². The molecule has 0 N–H and O–H groups in total. The second-order valence-electron chi connectivity index (χ2n) is 5.20. The van der Waals surface area contributed by atoms with E-state index >= 15 is 0 Å². The highest BCUT2D eigenvalue weighted by Crippen LogP contribution is 2.55. The summed E-state index contributed by atoms with van der Waals surface area (Å²) in [5.74, 6) is -16.0. The Morgan fingerprint density at radius 3 is 1.21 bits per heavy atom. The van der Waals surface area contributed by atoms with Gasteiger partial charge in [0.25, 0.3) is 0 Å². The highest BCUT2D eigenvalue weighted by atomic mass is 32.2. The van der Waals surface area contributed by atoms with E-state index in [1.54, 1.807) is 4.74 Å². The summed E-state index contributed by atoms with van der Waals surface area (Å²) in [6, 6.07) is 0. The van der Waals surface area contributed by atoms with Crippen molar-refractivity contribution in [2.24, 2.45) is 0 Å². The lowest BCUT2D eigenvalue weighted by Crippen LogP contribution is -2.64. The van der Waals surface area contributed by atoms with E-state index in [4.69, 9.17) is 0 Å². The van der Waals surface area contributed by atoms with Gasteiger partial charge in [-0.3, -0.25) is 4.18 Å². The van der Waals surface area contributed by atoms with Crippen molar-refractivity contribution in [3.8, 4) is 0 Å². The highest BCUT2D eigenvalue weighted by Gasteiger charge is 2.85. The van der Waals surface area contributed by atoms with Crippen LogP contribution in [0.4, 0.5) is 79.0 Å². The first-order valence-corrected chi connectivity index (χ1v) is 7.97. The van der Waals surface area contributed by atoms with Gasteiger partial charge in [-0.2, -0.15) is 87.4 Å². The fourth-order valence-electron chi connectivity index (χ4n) is 1.13. The molecule has 0 saturated heterocycles. The van der Waals surface area contributed by atoms with E-state index < -0.39 is 64.7 Å². The second-order valence-corrected chi connectivity index (χ2v) is 6.81. The number of halogens is 18. The number of alkyl halides is 18. The first-order chi connectivity index (χ1) is 13.9. The van der Waals surface area contributed by atoms with Crippen LogP contribution in [0, 0.1) is 0 Å². The van der Waals surface area contributed by atoms with Gasteiger partial charge in [0.05, 0.1) is 0 Å². The fourth-order valence-corrected chi connectivity index (χ4v) is 1.56. The molecule has 0 amide bonds. The molecule has 0 spiro atoms. The molecular weight excluding hydrogens is 562 g/mol. The van der Waals surface area contributed by atoms with Crippen LogP contribution in [-0.2, 0) is 23.8 Å². The van der Waals surface area contributed by atoms with E-state index in [0.717, 1.165) is 0 Å². The van der Waals surface area contributed by atoms with Crippen molar-refractivity contribution in [1.29, 1.82) is 0 Å². The summed E-state index contributed by atoms with van der Waals surface area (Å²) in [5, 5.41) is 0. The average molecular weight is 564 g/mol. The minimum atomic E-state index is -8.09. The predicted molar refractivity (Wildman–Crippen MR) is 58.8 cm³/mol. The molecule has 5 nitrogen and oxygen atoms in total. The van der Waals surface area contributed by atoms with Gasteiger partial charge in [-0.15, -0.1) is 0 Å². The molecule has 200 valence electrons. The normalized spacial score (nSPS) is 16.3. The van der Waals surface area contributed by atoms with E-state index in [-0.39, 0.29) is 0 Å². The molecule has 0 fully saturated rings. The second kappa shape index (κ2) is 8.35. The van der Waals surface area contributed by atoms with Crippen molar-refractivity contribution in [3.63, 3.8) is 0 Å². The van der Waals surface area contributed by atoms with Gasteiger partial charge in [-0.25, -0.2) is 9.47 Å². The number of hydrogen-bond acceptors (Lipinski definition) is 5. The summed E-state index contributed by atoms with van der Waals surface area (Å²) in [5.41, 5.74) is -6.50. The quantitative estimate of drug-likeness (QED) is 0.210. The lowest BCUT2D eigenvalue weighted by atomic mass is 10.1. The van der Waals surface area contributed by atoms with Gasteiger partial charge >= 0.3 is 58.1 Å². The molecule has 0 aliphatic heterocycles. The van der Waals surface area contributed by atoms with Gasteiger partial charge in [0, 0.05) is 0 Å². The number of rotatable bonds is 10. The Morgan fingerprint density at radius 1 is 0.515 bits per heavy atom. The van der Waals surface area contributed by atoms with Crippen molar-refractivity contribution in [3.05, 3.63) is 0 Å². The Balaban J connectivity index is 5.83. The minimum Gasteiger partial charge on any atom is -0.254 e. The van der Waals surface area contributed by atoms with Crippen LogP contribution in [0.25, 0.3) is 0 Å². The maximum absolute atomic E-state index is 13.0. The van der Waals surface area contributed by atoms with E-state index in [2.05, 4.69) is 4.18 Å². The summed E-state index contributed by atoms with van der Waals surface area (Å²) in [6.07, 6.45) is -37.0. The first kappa shape index (κ1) is 31.6. The molecule has 33 heavy (non-hydrogen) atoms. The molecule has 0 aliphatic rings. The molecule has 0 aliphatic carbocycles. The zero-order chi connectivity index (χ0) is 27.3. The standard InChI is InChI=1S/C9H2F18O5S/c10-2(11,1-30-33(28,29)9(25,26)27)31-7(21,22)8(23,24)32-6(19,20)4(14,15)3(12,13)5(16,17)18/h1H2. The zero-order valence-corrected chi connectivity index (χ0v) is 14.8. The molecule has 0 aromatic carbocycles. The van der Waals surface area contributed by atoms with Gasteiger partial charge in [0.2, 0.25) is 0 Å². The lowest BCUT2D eigenvalue weighted by molar-refractivity contribution is -0.542. The van der Waals surface area contributed by atoms with Crippen LogP contribution in [0.15, 0.2) is 0 Å². The van der Waals surface area contributed by atoms with E-state index in [1.165, 1.54) is 4.74 Å². The van der Waals surface area contributed by atoms with Crippen LogP contribution in [0.3, 0.4) is 0 Å². The van der Waals surface area contributed by atoms with Crippen molar-refractivity contribution >= 4 is 10.1 Å². The summed E-state index contributed by atoms with van der Waals surface area (Å²) in [4.78, 5) is 0. The molecule has 0 unspecified atom stereocenters. The van der Waals surface area contributed by atoms with Crippen LogP contribution >= 0.6 is 0 Å². The molecule has 0 rings (SSSR count). The molecule has 24 heteroatoms. The third kappa shape index (κ3) is 6.37. The zero-order valence-electron chi connectivity index (χ0n) is 14.0. The summed E-state index contributed by atoms with van der Waals surface area (Å²) < 4.78 is 251. The Morgan fingerprint density at radius 2 is 0.879 bits per heavy atom. The molecule has 0 heterocycles. The monoisotopic (exact) mass is 564 g/mol. The molecule has 0 radical (unpaired) electrons. The van der Waals surface area contributed by atoms with Crippen LogP contribution in [0.2, 0.25) is 0 Å². The fraction of sp³-hybridized carbons (Fsp3) is 1.00. The maximum atomic E-state index is 13.0. The smallest absolute Gasteiger partial charge is 0.254 e. The van der Waals surface area contributed by atoms with Gasteiger partial charge in [0.1, 0.15) is 0 Å². The highest BCUT2D eigenvalue weighted by molar-refractivity contribution is 7.87. The van der Waals surface area contributed by atoms with Gasteiger partial charge in [-0.05, 0) is 0 Å². The largest absolute Gasteiger partial charge is 0.523 e. The predicted octanol–water partition coefficient (Wildman–Crippen LogP) is 5.09. The SMILES string of the molecule is O=S(=O)(OCC(F)(F)OC(F)(F)C(F)(F)OC(F)(F)C(F)(F)C(F)(F)C(F)(F)F)C(F)(F)F. The topological polar surface area (TPSA) is 61.8 Å². The van der Waals surface area contributed by atoms with E-state index in [1.807, 2.05) is 0 Å². The molecule has 0 saturated carbocycles. The maximum Gasteiger partial charge on any atom is 0.523 e. The van der Waals surface area contributed by atoms with Crippen LogP contribution in [0.1, 0.15) is 0 Å². The summed E-state index contributed by atoms with van der Waals surface area (Å²) in [6.45, 7) is -3.54. The van der Waals surface area contributed by atoms with Crippen LogP contribution in [0.5, 0.6) is 0 Å². The van der Waals surface area contributed by atoms with Gasteiger partial charge in [-0.1, -0.05) is 0 Å². The van der Waals surface area contributed by atoms with E-state index in [0.29, 0.717) is 0 Å². The lowest BCUT2D eigenvalue weighted by Gasteiger charge is -2.36. The Labute approximate surface area is 167 Å². The van der Waals surface area contributed by atoms with Gasteiger partial charge in [0.15, 0.2) is 6.61 Å². The van der Waals surface area contributed by atoms with Crippen molar-refractivity contribution < 1.29 is 101 Å². The Hall–Kier alpha value is -1.43. The third-order valence-corrected chi connectivity index (χ3v) is 3.65. The number of ether oxygens (including phenoxy) is 2. The first-order valence-electron chi connectivity index (χ1n) is 6.56. The summed E-state index contributed by atoms with van der Waals surface area (Å²) in [7, 11) is -7.03. The molecule has 0 aromatic rings. The van der Waals surface area contributed by atoms with Crippen LogP contribution in [-0.4, -0.2) is 63.0 Å². The number of hydrogen-bond donors (Lipinski definition) is 0. The van der Waals surface area contributed by atoms with Crippen molar-refractivity contribution in [1.82, 2.24) is 0 Å². The molecular formula is C9H2F18O5S. The van der Waals surface area contributed by atoms with Crippen molar-refractivity contribution in [2.75, 3.05) is 6.61 Å². The van der Waals surface area contributed by atoms with Crippen LogP contribution < -0.4 is 0 Å². The van der Waals surface area contributed by atoms with E-state index in [9.17, 15) is 87.4 Å². The summed E-state index contributed by atoms with van der Waals surface area (Å²) >= 11 is 0. The minimum absolute atomic E-state index is 1.24. The Bertz CT molecular complexity index is 795. The molecule has 0 aromatic heterocycles. The average Bonchev–Trinajstić information content (AvgIpc) is 2.48. The molecule has 0 bridgehead atoms. The third-order valence-electron chi connectivity index (χ3n) is 2.65. The Kier molecular flexibility index (Phi) is 7.99.